The highest BCUT2D eigenvalue weighted by Crippen LogP contribution is 2.24. The van der Waals surface area contributed by atoms with Gasteiger partial charge in [-0.1, -0.05) is 13.2 Å². The lowest BCUT2D eigenvalue weighted by atomic mass is 10.1. The maximum absolute atomic E-state index is 12.6. The lowest BCUT2D eigenvalue weighted by Gasteiger charge is -2.29. The SMILES string of the molecule is C=C(CCCC(=C)OC(C)(C)CCOC(C)(C)C)OCCN(CCOC(=O)CCCC(=O)OC(C)(C)CCOC(C)(C)C)CCOC(=O)CCCC(=O)OC(C)(C)CCOC(C)(C)C. The van der Waals surface area contributed by atoms with E-state index in [0.29, 0.717) is 96.1 Å². The van der Waals surface area contributed by atoms with Gasteiger partial charge >= 0.3 is 23.9 Å². The Morgan fingerprint density at radius 1 is 0.375 bits per heavy atom. The molecule has 0 aliphatic carbocycles. The fraction of sp³-hybridized carbons (Fsp3) is 0.840. The normalized spacial score (nSPS) is 12.8. The van der Waals surface area contributed by atoms with Gasteiger partial charge in [0.05, 0.1) is 48.1 Å². The molecule has 0 rings (SSSR count). The van der Waals surface area contributed by atoms with Crippen LogP contribution in [0.5, 0.6) is 0 Å². The molecule has 374 valence electrons. The fourth-order valence-electron chi connectivity index (χ4n) is 5.81. The van der Waals surface area contributed by atoms with Crippen molar-refractivity contribution in [1.29, 1.82) is 0 Å². The summed E-state index contributed by atoms with van der Waals surface area (Å²) in [6.45, 7) is 40.7. The van der Waals surface area contributed by atoms with Crippen LogP contribution in [-0.4, -0.2) is 122 Å². The number of carbonyl (C=O) groups excluding carboxylic acids is 4. The second kappa shape index (κ2) is 29.4. The lowest BCUT2D eigenvalue weighted by Crippen LogP contribution is -2.35. The molecule has 0 radical (unpaired) electrons. The van der Waals surface area contributed by atoms with Gasteiger partial charge in [0.25, 0.3) is 0 Å². The van der Waals surface area contributed by atoms with Crippen LogP contribution in [0, 0.1) is 0 Å². The zero-order chi connectivity index (χ0) is 49.3. The number of nitrogens with zero attached hydrogens (tertiary/aromatic N) is 1. The standard InChI is InChI=1S/C50H91NO13/c1-39(21-18-22-40(2)62-48(12,13)27-33-59-45(3,4)5)56-36-30-51(31-37-57-41(52)23-19-25-43(54)63-49(14,15)28-34-60-46(6,7)8)32-38-58-42(53)24-20-26-44(55)64-50(16,17)29-35-61-47(9,10)11/h1-2,18-38H2,3-17H3. The lowest BCUT2D eigenvalue weighted by molar-refractivity contribution is -0.160. The summed E-state index contributed by atoms with van der Waals surface area (Å²) in [6, 6.07) is 0. The van der Waals surface area contributed by atoms with E-state index in [1.54, 1.807) is 0 Å². The summed E-state index contributed by atoms with van der Waals surface area (Å²) in [5.41, 5.74) is -2.53. The molecule has 0 heterocycles. The molecule has 0 N–H and O–H groups in total. The quantitative estimate of drug-likeness (QED) is 0.0336. The minimum atomic E-state index is -0.687. The van der Waals surface area contributed by atoms with E-state index >= 15 is 0 Å². The zero-order valence-electron chi connectivity index (χ0n) is 43.0. The van der Waals surface area contributed by atoms with Crippen molar-refractivity contribution < 1.29 is 61.8 Å². The summed E-state index contributed by atoms with van der Waals surface area (Å²) in [5, 5.41) is 0. The van der Waals surface area contributed by atoms with Crippen LogP contribution >= 0.6 is 0 Å². The van der Waals surface area contributed by atoms with E-state index in [1.165, 1.54) is 0 Å². The number of rotatable bonds is 35. The van der Waals surface area contributed by atoms with E-state index in [9.17, 15) is 19.2 Å². The van der Waals surface area contributed by atoms with Gasteiger partial charge in [-0.2, -0.15) is 0 Å². The number of carbonyl (C=O) groups is 4. The molecule has 0 unspecified atom stereocenters. The summed E-state index contributed by atoms with van der Waals surface area (Å²) >= 11 is 0. The largest absolute Gasteiger partial charge is 0.497 e. The van der Waals surface area contributed by atoms with Crippen LogP contribution in [0.2, 0.25) is 0 Å². The second-order valence-electron chi connectivity index (χ2n) is 21.2. The minimum Gasteiger partial charge on any atom is -0.497 e. The molecule has 0 aromatic rings. The molecule has 0 aromatic carbocycles. The number of hydrogen-bond acceptors (Lipinski definition) is 14. The van der Waals surface area contributed by atoms with Gasteiger partial charge in [-0.15, -0.1) is 0 Å². The smallest absolute Gasteiger partial charge is 0.306 e. The van der Waals surface area contributed by atoms with Crippen molar-refractivity contribution in [3.63, 3.8) is 0 Å². The van der Waals surface area contributed by atoms with Gasteiger partial charge in [-0.05, 0) is 123 Å². The molecule has 0 atom stereocenters. The van der Waals surface area contributed by atoms with Gasteiger partial charge in [0.1, 0.15) is 36.6 Å². The summed E-state index contributed by atoms with van der Waals surface area (Å²) in [6.07, 6.45) is 4.81. The van der Waals surface area contributed by atoms with Gasteiger partial charge in [0.2, 0.25) is 0 Å². The number of allylic oxidation sites excluding steroid dienone is 2. The summed E-state index contributed by atoms with van der Waals surface area (Å²) < 4.78 is 51.7. The first-order valence-electron chi connectivity index (χ1n) is 23.3. The molecular formula is C50H91NO13. The first kappa shape index (κ1) is 60.8. The Morgan fingerprint density at radius 3 is 1.03 bits per heavy atom. The predicted molar refractivity (Wildman–Crippen MR) is 251 cm³/mol. The molecule has 0 bridgehead atoms. The molecular weight excluding hydrogens is 823 g/mol. The van der Waals surface area contributed by atoms with E-state index in [-0.39, 0.29) is 67.6 Å². The molecule has 0 aromatic heterocycles. The Bertz CT molecular complexity index is 1230. The van der Waals surface area contributed by atoms with Gasteiger partial charge in [0, 0.05) is 77.4 Å². The van der Waals surface area contributed by atoms with Gasteiger partial charge in [-0.25, -0.2) is 0 Å². The third-order valence-corrected chi connectivity index (χ3v) is 9.41. The zero-order valence-corrected chi connectivity index (χ0v) is 43.0. The van der Waals surface area contributed by atoms with Crippen LogP contribution in [0.3, 0.4) is 0 Å². The molecule has 0 saturated carbocycles. The average Bonchev–Trinajstić information content (AvgIpc) is 3.08. The van der Waals surface area contributed by atoms with Gasteiger partial charge < -0.3 is 42.6 Å². The summed E-state index contributed by atoms with van der Waals surface area (Å²) in [7, 11) is 0. The van der Waals surface area contributed by atoms with E-state index in [4.69, 9.17) is 42.6 Å². The first-order chi connectivity index (χ1) is 29.3. The van der Waals surface area contributed by atoms with Crippen molar-refractivity contribution in [2.45, 2.75) is 215 Å². The number of ether oxygens (including phenoxy) is 9. The van der Waals surface area contributed by atoms with Crippen LogP contribution in [0.1, 0.15) is 181 Å². The Balaban J connectivity index is 4.96. The first-order valence-corrected chi connectivity index (χ1v) is 23.3. The average molecular weight is 914 g/mol. The highest BCUT2D eigenvalue weighted by atomic mass is 16.6. The van der Waals surface area contributed by atoms with Gasteiger partial charge in [-0.3, -0.25) is 24.1 Å². The van der Waals surface area contributed by atoms with Crippen LogP contribution in [-0.2, 0) is 61.8 Å². The van der Waals surface area contributed by atoms with E-state index in [0.717, 1.165) is 12.8 Å². The third kappa shape index (κ3) is 38.1. The van der Waals surface area contributed by atoms with Crippen LogP contribution < -0.4 is 0 Å². The number of hydrogen-bond donors (Lipinski definition) is 0. The predicted octanol–water partition coefficient (Wildman–Crippen LogP) is 9.98. The van der Waals surface area contributed by atoms with Crippen LogP contribution in [0.4, 0.5) is 0 Å². The molecule has 0 aliphatic rings. The van der Waals surface area contributed by atoms with Crippen LogP contribution in [0.25, 0.3) is 0 Å². The second-order valence-corrected chi connectivity index (χ2v) is 21.2. The molecule has 0 fully saturated rings. The third-order valence-electron chi connectivity index (χ3n) is 9.41. The van der Waals surface area contributed by atoms with Crippen molar-refractivity contribution in [2.75, 3.05) is 59.3 Å². The fourth-order valence-corrected chi connectivity index (χ4v) is 5.81. The Morgan fingerprint density at radius 2 is 0.672 bits per heavy atom. The van der Waals surface area contributed by atoms with E-state index in [1.807, 2.05) is 109 Å². The minimum absolute atomic E-state index is 0.0699. The topological polar surface area (TPSA) is 155 Å². The molecule has 0 saturated heterocycles. The Hall–Kier alpha value is -3.20. The highest BCUT2D eigenvalue weighted by molar-refractivity contribution is 5.73. The maximum atomic E-state index is 12.6. The Kier molecular flexibility index (Phi) is 28.0. The molecule has 0 aliphatic heterocycles. The molecule has 0 amide bonds. The molecule has 14 nitrogen and oxygen atoms in total. The maximum Gasteiger partial charge on any atom is 0.306 e. The number of esters is 4. The van der Waals surface area contributed by atoms with Crippen molar-refractivity contribution in [3.05, 3.63) is 24.7 Å². The monoisotopic (exact) mass is 914 g/mol. The van der Waals surface area contributed by atoms with E-state index < -0.39 is 28.7 Å². The summed E-state index contributed by atoms with van der Waals surface area (Å²) in [5.74, 6) is -0.270. The Labute approximate surface area is 388 Å². The molecule has 64 heavy (non-hydrogen) atoms. The van der Waals surface area contributed by atoms with Crippen molar-refractivity contribution in [1.82, 2.24) is 4.90 Å². The van der Waals surface area contributed by atoms with Crippen molar-refractivity contribution >= 4 is 23.9 Å². The molecule has 14 heteroatoms. The van der Waals surface area contributed by atoms with Crippen molar-refractivity contribution in [2.24, 2.45) is 0 Å². The van der Waals surface area contributed by atoms with Crippen molar-refractivity contribution in [3.8, 4) is 0 Å². The summed E-state index contributed by atoms with van der Waals surface area (Å²) in [4.78, 5) is 52.1. The molecule has 0 spiro atoms. The van der Waals surface area contributed by atoms with Gasteiger partial charge in [0.15, 0.2) is 0 Å². The van der Waals surface area contributed by atoms with Crippen LogP contribution in [0.15, 0.2) is 24.7 Å². The highest BCUT2D eigenvalue weighted by Gasteiger charge is 2.26. The van der Waals surface area contributed by atoms with E-state index in [2.05, 4.69) is 13.2 Å².